The average Bonchev–Trinajstić information content (AvgIpc) is 2.41. The van der Waals surface area contributed by atoms with Gasteiger partial charge in [-0.2, -0.15) is 13.2 Å². The first-order valence-corrected chi connectivity index (χ1v) is 6.60. The highest BCUT2D eigenvalue weighted by Gasteiger charge is 2.35. The maximum Gasteiger partial charge on any atom is 0.419 e. The van der Waals surface area contributed by atoms with E-state index in [4.69, 9.17) is 9.47 Å². The fraction of sp³-hybridized carbons (Fsp3) is 0.571. The highest BCUT2D eigenvalue weighted by molar-refractivity contribution is 5.39. The van der Waals surface area contributed by atoms with Gasteiger partial charge in [0, 0.05) is 19.4 Å². The summed E-state index contributed by atoms with van der Waals surface area (Å²) >= 11 is 0. The number of hydrogen-bond donors (Lipinski definition) is 1. The van der Waals surface area contributed by atoms with E-state index >= 15 is 0 Å². The number of halogens is 3. The quantitative estimate of drug-likeness (QED) is 0.924. The van der Waals surface area contributed by atoms with E-state index in [1.165, 1.54) is 6.07 Å². The summed E-state index contributed by atoms with van der Waals surface area (Å²) in [5.74, 6) is -0.0933. The first kappa shape index (κ1) is 15.1. The molecule has 1 saturated heterocycles. The lowest BCUT2D eigenvalue weighted by Crippen LogP contribution is -2.27. The van der Waals surface area contributed by atoms with E-state index in [1.54, 1.807) is 13.1 Å². The SMILES string of the molecule is CNCc1ccc(OC2CCOCC2)c(C(F)(F)F)c1. The van der Waals surface area contributed by atoms with Crippen LogP contribution in [0.3, 0.4) is 0 Å². The smallest absolute Gasteiger partial charge is 0.419 e. The Balaban J connectivity index is 2.21. The van der Waals surface area contributed by atoms with Crippen LogP contribution in [0.2, 0.25) is 0 Å². The molecule has 0 unspecified atom stereocenters. The molecule has 0 radical (unpaired) electrons. The van der Waals surface area contributed by atoms with Crippen LogP contribution in [0.15, 0.2) is 18.2 Å². The van der Waals surface area contributed by atoms with Gasteiger partial charge in [0.05, 0.1) is 18.8 Å². The molecule has 0 saturated carbocycles. The summed E-state index contributed by atoms with van der Waals surface area (Å²) in [6, 6.07) is 4.20. The van der Waals surface area contributed by atoms with E-state index in [1.807, 2.05) is 0 Å². The zero-order valence-electron chi connectivity index (χ0n) is 11.3. The van der Waals surface area contributed by atoms with Crippen molar-refractivity contribution in [2.24, 2.45) is 0 Å². The molecule has 3 nitrogen and oxygen atoms in total. The largest absolute Gasteiger partial charge is 0.490 e. The van der Waals surface area contributed by atoms with Crippen LogP contribution in [-0.2, 0) is 17.5 Å². The van der Waals surface area contributed by atoms with Crippen LogP contribution in [0, 0.1) is 0 Å². The third-order valence-corrected chi connectivity index (χ3v) is 3.19. The summed E-state index contributed by atoms with van der Waals surface area (Å²) in [6.45, 7) is 1.45. The fourth-order valence-electron chi connectivity index (χ4n) is 2.19. The van der Waals surface area contributed by atoms with Crippen molar-refractivity contribution in [2.75, 3.05) is 20.3 Å². The van der Waals surface area contributed by atoms with Crippen LogP contribution in [-0.4, -0.2) is 26.4 Å². The zero-order valence-corrected chi connectivity index (χ0v) is 11.3. The van der Waals surface area contributed by atoms with Gasteiger partial charge in [-0.05, 0) is 24.7 Å². The minimum atomic E-state index is -4.41. The number of benzene rings is 1. The molecule has 20 heavy (non-hydrogen) atoms. The Morgan fingerprint density at radius 3 is 2.60 bits per heavy atom. The summed E-state index contributed by atoms with van der Waals surface area (Å²) in [4.78, 5) is 0. The van der Waals surface area contributed by atoms with Crippen LogP contribution >= 0.6 is 0 Å². The Bertz CT molecular complexity index is 443. The van der Waals surface area contributed by atoms with Crippen molar-refractivity contribution >= 4 is 0 Å². The summed E-state index contributed by atoms with van der Waals surface area (Å²) in [5.41, 5.74) is -0.129. The molecule has 1 aromatic rings. The van der Waals surface area contributed by atoms with Gasteiger partial charge in [0.25, 0.3) is 0 Å². The maximum atomic E-state index is 13.1. The first-order chi connectivity index (χ1) is 9.50. The third-order valence-electron chi connectivity index (χ3n) is 3.19. The molecule has 1 N–H and O–H groups in total. The summed E-state index contributed by atoms with van der Waals surface area (Å²) < 4.78 is 50.0. The standard InChI is InChI=1S/C14H18F3NO2/c1-18-9-10-2-3-13(12(8-10)14(15,16)17)20-11-4-6-19-7-5-11/h2-3,8,11,18H,4-7,9H2,1H3. The average molecular weight is 289 g/mol. The van der Waals surface area contributed by atoms with Crippen molar-refractivity contribution in [1.82, 2.24) is 5.32 Å². The van der Waals surface area contributed by atoms with Crippen molar-refractivity contribution in [3.8, 4) is 5.75 Å². The molecule has 6 heteroatoms. The summed E-state index contributed by atoms with van der Waals surface area (Å²) in [6.07, 6.45) is -3.38. The van der Waals surface area contributed by atoms with Gasteiger partial charge in [-0.1, -0.05) is 6.07 Å². The van der Waals surface area contributed by atoms with Gasteiger partial charge in [0.15, 0.2) is 0 Å². The van der Waals surface area contributed by atoms with Gasteiger partial charge >= 0.3 is 6.18 Å². The molecule has 1 aliphatic heterocycles. The Labute approximate surface area is 116 Å². The summed E-state index contributed by atoms with van der Waals surface area (Å²) in [7, 11) is 1.69. The second-order valence-corrected chi connectivity index (χ2v) is 4.79. The lowest BCUT2D eigenvalue weighted by atomic mass is 10.1. The third kappa shape index (κ3) is 3.86. The van der Waals surface area contributed by atoms with Crippen LogP contribution in [0.4, 0.5) is 13.2 Å². The highest BCUT2D eigenvalue weighted by Crippen LogP contribution is 2.37. The molecule has 0 amide bonds. The Kier molecular flexibility index (Phi) is 4.88. The molecule has 2 rings (SSSR count). The minimum absolute atomic E-state index is 0.0933. The van der Waals surface area contributed by atoms with Crippen molar-refractivity contribution in [2.45, 2.75) is 31.7 Å². The topological polar surface area (TPSA) is 30.5 Å². The van der Waals surface area contributed by atoms with Crippen LogP contribution in [0.5, 0.6) is 5.75 Å². The maximum absolute atomic E-state index is 13.1. The molecule has 0 bridgehead atoms. The van der Waals surface area contributed by atoms with E-state index < -0.39 is 11.7 Å². The second-order valence-electron chi connectivity index (χ2n) is 4.79. The lowest BCUT2D eigenvalue weighted by Gasteiger charge is -2.25. The molecular formula is C14H18F3NO2. The monoisotopic (exact) mass is 289 g/mol. The molecule has 0 spiro atoms. The number of hydrogen-bond acceptors (Lipinski definition) is 3. The van der Waals surface area contributed by atoms with E-state index in [0.717, 1.165) is 6.07 Å². The molecular weight excluding hydrogens is 271 g/mol. The molecule has 112 valence electrons. The van der Waals surface area contributed by atoms with Crippen LogP contribution in [0.25, 0.3) is 0 Å². The zero-order chi connectivity index (χ0) is 14.6. The summed E-state index contributed by atoms with van der Waals surface area (Å²) in [5, 5.41) is 2.84. The van der Waals surface area contributed by atoms with Crippen molar-refractivity contribution in [3.63, 3.8) is 0 Å². The Morgan fingerprint density at radius 1 is 1.30 bits per heavy atom. The molecule has 1 aliphatic rings. The van der Waals surface area contributed by atoms with Crippen molar-refractivity contribution in [3.05, 3.63) is 29.3 Å². The van der Waals surface area contributed by atoms with E-state index in [9.17, 15) is 13.2 Å². The van der Waals surface area contributed by atoms with Crippen LogP contribution in [0.1, 0.15) is 24.0 Å². The molecule has 1 heterocycles. The normalized spacial score (nSPS) is 17.2. The van der Waals surface area contributed by atoms with Crippen molar-refractivity contribution in [1.29, 1.82) is 0 Å². The number of nitrogens with one attached hydrogen (secondary N) is 1. The minimum Gasteiger partial charge on any atom is -0.490 e. The second kappa shape index (κ2) is 6.45. The first-order valence-electron chi connectivity index (χ1n) is 6.60. The van der Waals surface area contributed by atoms with Gasteiger partial charge < -0.3 is 14.8 Å². The van der Waals surface area contributed by atoms with Gasteiger partial charge in [-0.25, -0.2) is 0 Å². The number of rotatable bonds is 4. The number of ether oxygens (including phenoxy) is 2. The predicted molar refractivity (Wildman–Crippen MR) is 68.7 cm³/mol. The molecule has 1 aromatic carbocycles. The fourth-order valence-corrected chi connectivity index (χ4v) is 2.19. The molecule has 0 aliphatic carbocycles. The van der Waals surface area contributed by atoms with Crippen molar-refractivity contribution < 1.29 is 22.6 Å². The lowest BCUT2D eigenvalue weighted by molar-refractivity contribution is -0.139. The highest BCUT2D eigenvalue weighted by atomic mass is 19.4. The predicted octanol–water partition coefficient (Wildman–Crippen LogP) is 2.98. The van der Waals surface area contributed by atoms with Gasteiger partial charge in [-0.15, -0.1) is 0 Å². The van der Waals surface area contributed by atoms with Crippen LogP contribution < -0.4 is 10.1 Å². The Hall–Kier alpha value is -1.27. The van der Waals surface area contributed by atoms with E-state index in [2.05, 4.69) is 5.32 Å². The van der Waals surface area contributed by atoms with E-state index in [0.29, 0.717) is 38.2 Å². The van der Waals surface area contributed by atoms with E-state index in [-0.39, 0.29) is 11.9 Å². The molecule has 0 aromatic heterocycles. The molecule has 0 atom stereocenters. The molecule has 1 fully saturated rings. The van der Waals surface area contributed by atoms with Gasteiger partial charge in [0.2, 0.25) is 0 Å². The Morgan fingerprint density at radius 2 is 2.00 bits per heavy atom. The van der Waals surface area contributed by atoms with Gasteiger partial charge in [-0.3, -0.25) is 0 Å². The van der Waals surface area contributed by atoms with Gasteiger partial charge in [0.1, 0.15) is 11.9 Å². The number of alkyl halides is 3.